The van der Waals surface area contributed by atoms with Gasteiger partial charge in [0.1, 0.15) is 11.6 Å². The molecule has 2 amide bonds. The summed E-state index contributed by atoms with van der Waals surface area (Å²) in [5.74, 6) is -1.66. The van der Waals surface area contributed by atoms with E-state index in [1.807, 2.05) is 0 Å². The molecule has 2 heterocycles. The van der Waals surface area contributed by atoms with E-state index in [4.69, 9.17) is 4.42 Å². The Morgan fingerprint density at radius 3 is 2.54 bits per heavy atom. The molecule has 1 aliphatic rings. The first-order valence-corrected chi connectivity index (χ1v) is 8.33. The Labute approximate surface area is 149 Å². The molecule has 1 saturated heterocycles. The number of hydrogen-bond donors (Lipinski definition) is 1. The predicted molar refractivity (Wildman–Crippen MR) is 90.7 cm³/mol. The molecule has 2 aromatic rings. The normalized spacial score (nSPS) is 15.1. The van der Waals surface area contributed by atoms with Crippen LogP contribution in [-0.2, 0) is 4.79 Å². The van der Waals surface area contributed by atoms with Gasteiger partial charge in [-0.05, 0) is 24.3 Å². The predicted octanol–water partition coefficient (Wildman–Crippen LogP) is 2.34. The van der Waals surface area contributed by atoms with Gasteiger partial charge >= 0.3 is 0 Å². The second kappa shape index (κ2) is 8.09. The summed E-state index contributed by atoms with van der Waals surface area (Å²) in [7, 11) is 0. The summed E-state index contributed by atoms with van der Waals surface area (Å²) >= 11 is 0. The molecule has 1 fully saturated rings. The van der Waals surface area contributed by atoms with Crippen LogP contribution in [0.4, 0.5) is 14.5 Å². The third-order valence-corrected chi connectivity index (χ3v) is 4.25. The van der Waals surface area contributed by atoms with Gasteiger partial charge in [-0.15, -0.1) is 0 Å². The van der Waals surface area contributed by atoms with E-state index >= 15 is 0 Å². The van der Waals surface area contributed by atoms with E-state index in [0.29, 0.717) is 38.5 Å². The molecule has 0 unspecified atom stereocenters. The fourth-order valence-corrected chi connectivity index (χ4v) is 2.79. The Kier molecular flexibility index (Phi) is 5.62. The Morgan fingerprint density at radius 1 is 1.12 bits per heavy atom. The van der Waals surface area contributed by atoms with Crippen molar-refractivity contribution in [1.82, 2.24) is 9.80 Å². The molecule has 1 N–H and O–H groups in total. The first kappa shape index (κ1) is 18.1. The highest BCUT2D eigenvalue weighted by Gasteiger charge is 2.23. The minimum absolute atomic E-state index is 0.0368. The number of carbonyl (C=O) groups excluding carboxylic acids is 2. The third kappa shape index (κ3) is 4.45. The number of amides is 2. The van der Waals surface area contributed by atoms with Gasteiger partial charge in [0.15, 0.2) is 5.76 Å². The molecular weight excluding hydrogens is 344 g/mol. The maximum atomic E-state index is 13.5. The van der Waals surface area contributed by atoms with Gasteiger partial charge < -0.3 is 14.6 Å². The van der Waals surface area contributed by atoms with Crippen molar-refractivity contribution in [2.24, 2.45) is 0 Å². The summed E-state index contributed by atoms with van der Waals surface area (Å²) < 4.78 is 31.5. The van der Waals surface area contributed by atoms with Gasteiger partial charge in [-0.1, -0.05) is 0 Å². The van der Waals surface area contributed by atoms with E-state index in [2.05, 4.69) is 10.2 Å². The SMILES string of the molecule is O=C(CCN1CCN(C(=O)c2ccco2)CC1)Nc1ccc(F)cc1F. The van der Waals surface area contributed by atoms with Crippen LogP contribution in [0.2, 0.25) is 0 Å². The minimum Gasteiger partial charge on any atom is -0.459 e. The number of halogens is 2. The first-order chi connectivity index (χ1) is 12.5. The van der Waals surface area contributed by atoms with Crippen molar-refractivity contribution >= 4 is 17.5 Å². The number of anilines is 1. The number of carbonyl (C=O) groups is 2. The number of benzene rings is 1. The van der Waals surface area contributed by atoms with E-state index in [1.54, 1.807) is 17.0 Å². The van der Waals surface area contributed by atoms with Crippen molar-refractivity contribution < 1.29 is 22.8 Å². The van der Waals surface area contributed by atoms with E-state index in [9.17, 15) is 18.4 Å². The van der Waals surface area contributed by atoms with Crippen LogP contribution >= 0.6 is 0 Å². The van der Waals surface area contributed by atoms with E-state index < -0.39 is 11.6 Å². The van der Waals surface area contributed by atoms with E-state index in [0.717, 1.165) is 12.1 Å². The Balaban J connectivity index is 1.42. The highest BCUT2D eigenvalue weighted by Crippen LogP contribution is 2.15. The zero-order chi connectivity index (χ0) is 18.5. The van der Waals surface area contributed by atoms with Crippen molar-refractivity contribution in [3.8, 4) is 0 Å². The highest BCUT2D eigenvalue weighted by atomic mass is 19.1. The zero-order valence-electron chi connectivity index (χ0n) is 14.1. The van der Waals surface area contributed by atoms with E-state index in [1.165, 1.54) is 12.3 Å². The summed E-state index contributed by atoms with van der Waals surface area (Å²) in [5.41, 5.74) is -0.0368. The summed E-state index contributed by atoms with van der Waals surface area (Å²) in [6.07, 6.45) is 1.65. The van der Waals surface area contributed by atoms with Crippen LogP contribution in [0.5, 0.6) is 0 Å². The van der Waals surface area contributed by atoms with Crippen molar-refractivity contribution in [2.75, 3.05) is 38.0 Å². The number of hydrogen-bond acceptors (Lipinski definition) is 4. The molecule has 0 atom stereocenters. The quantitative estimate of drug-likeness (QED) is 0.886. The second-order valence-corrected chi connectivity index (χ2v) is 6.03. The van der Waals surface area contributed by atoms with Gasteiger partial charge in [-0.2, -0.15) is 0 Å². The molecule has 0 spiro atoms. The average Bonchev–Trinajstić information content (AvgIpc) is 3.17. The van der Waals surface area contributed by atoms with Gasteiger partial charge in [0.2, 0.25) is 5.91 Å². The van der Waals surface area contributed by atoms with Crippen molar-refractivity contribution in [3.05, 3.63) is 54.0 Å². The molecule has 0 aliphatic carbocycles. The largest absolute Gasteiger partial charge is 0.459 e. The molecule has 26 heavy (non-hydrogen) atoms. The number of nitrogens with zero attached hydrogens (tertiary/aromatic N) is 2. The lowest BCUT2D eigenvalue weighted by Gasteiger charge is -2.34. The fourth-order valence-electron chi connectivity index (χ4n) is 2.79. The minimum atomic E-state index is -0.802. The molecule has 138 valence electrons. The van der Waals surface area contributed by atoms with Crippen LogP contribution in [0, 0.1) is 11.6 Å². The molecule has 1 aromatic heterocycles. The number of rotatable bonds is 5. The molecule has 0 bridgehead atoms. The number of piperazine rings is 1. The molecule has 6 nitrogen and oxygen atoms in total. The van der Waals surface area contributed by atoms with Crippen LogP contribution in [0.1, 0.15) is 17.0 Å². The van der Waals surface area contributed by atoms with Crippen LogP contribution in [0.15, 0.2) is 41.0 Å². The zero-order valence-corrected chi connectivity index (χ0v) is 14.1. The lowest BCUT2D eigenvalue weighted by atomic mass is 10.2. The maximum absolute atomic E-state index is 13.5. The fraction of sp³-hybridized carbons (Fsp3) is 0.333. The van der Waals surface area contributed by atoms with Crippen molar-refractivity contribution in [2.45, 2.75) is 6.42 Å². The van der Waals surface area contributed by atoms with Crippen LogP contribution in [0.25, 0.3) is 0 Å². The molecule has 3 rings (SSSR count). The lowest BCUT2D eigenvalue weighted by Crippen LogP contribution is -2.49. The van der Waals surface area contributed by atoms with Gasteiger partial charge in [-0.25, -0.2) is 8.78 Å². The van der Waals surface area contributed by atoms with Crippen molar-refractivity contribution in [1.29, 1.82) is 0 Å². The molecule has 1 aliphatic heterocycles. The monoisotopic (exact) mass is 363 g/mol. The Bertz CT molecular complexity index is 772. The van der Waals surface area contributed by atoms with Gasteiger partial charge in [0.25, 0.3) is 5.91 Å². The summed E-state index contributed by atoms with van der Waals surface area (Å²) in [6, 6.07) is 6.32. The topological polar surface area (TPSA) is 65.8 Å². The van der Waals surface area contributed by atoms with E-state index in [-0.39, 0.29) is 23.9 Å². The van der Waals surface area contributed by atoms with Crippen LogP contribution in [0.3, 0.4) is 0 Å². The summed E-state index contributed by atoms with van der Waals surface area (Å²) in [5, 5.41) is 2.44. The maximum Gasteiger partial charge on any atom is 0.289 e. The van der Waals surface area contributed by atoms with Crippen LogP contribution in [-0.4, -0.2) is 54.3 Å². The van der Waals surface area contributed by atoms with Gasteiger partial charge in [0, 0.05) is 45.2 Å². The van der Waals surface area contributed by atoms with Crippen molar-refractivity contribution in [3.63, 3.8) is 0 Å². The lowest BCUT2D eigenvalue weighted by molar-refractivity contribution is -0.116. The molecule has 0 saturated carbocycles. The van der Waals surface area contributed by atoms with Crippen LogP contribution < -0.4 is 5.32 Å². The molecule has 8 heteroatoms. The van der Waals surface area contributed by atoms with Gasteiger partial charge in [0.05, 0.1) is 12.0 Å². The average molecular weight is 363 g/mol. The third-order valence-electron chi connectivity index (χ3n) is 4.25. The summed E-state index contributed by atoms with van der Waals surface area (Å²) in [6.45, 7) is 2.88. The smallest absolute Gasteiger partial charge is 0.289 e. The molecule has 0 radical (unpaired) electrons. The standard InChI is InChI=1S/C18H19F2N3O3/c19-13-3-4-15(14(20)12-13)21-17(24)5-6-22-7-9-23(10-8-22)18(25)16-2-1-11-26-16/h1-4,11-12H,5-10H2,(H,21,24). The highest BCUT2D eigenvalue weighted by molar-refractivity contribution is 5.91. The summed E-state index contributed by atoms with van der Waals surface area (Å²) in [4.78, 5) is 27.9. The molecule has 1 aromatic carbocycles. The number of furan rings is 1. The number of nitrogens with one attached hydrogen (secondary N) is 1. The van der Waals surface area contributed by atoms with Gasteiger partial charge in [-0.3, -0.25) is 14.5 Å². The first-order valence-electron chi connectivity index (χ1n) is 8.33. The Morgan fingerprint density at radius 2 is 1.88 bits per heavy atom. The second-order valence-electron chi connectivity index (χ2n) is 6.03. The molecular formula is C18H19F2N3O3. The Hall–Kier alpha value is -2.74.